The van der Waals surface area contributed by atoms with Gasteiger partial charge in [-0.2, -0.15) is 0 Å². The van der Waals surface area contributed by atoms with Crippen LogP contribution in [0.15, 0.2) is 36.7 Å². The molecule has 2 rings (SSSR count). The third kappa shape index (κ3) is 5.03. The Morgan fingerprint density at radius 2 is 1.96 bits per heavy atom. The van der Waals surface area contributed by atoms with Crippen LogP contribution in [0.2, 0.25) is 5.15 Å². The van der Waals surface area contributed by atoms with Crippen LogP contribution in [0.25, 0.3) is 0 Å². The van der Waals surface area contributed by atoms with E-state index in [0.717, 1.165) is 5.69 Å². The van der Waals surface area contributed by atoms with Gasteiger partial charge in [-0.05, 0) is 38.1 Å². The molecule has 0 saturated heterocycles. The van der Waals surface area contributed by atoms with Crippen LogP contribution >= 0.6 is 11.6 Å². The summed E-state index contributed by atoms with van der Waals surface area (Å²) < 4.78 is 0. The van der Waals surface area contributed by atoms with Crippen molar-refractivity contribution in [3.05, 3.63) is 58.6 Å². The van der Waals surface area contributed by atoms with Gasteiger partial charge in [-0.15, -0.1) is 0 Å². The van der Waals surface area contributed by atoms with Gasteiger partial charge in [-0.3, -0.25) is 14.6 Å². The molecule has 126 valence electrons. The van der Waals surface area contributed by atoms with Crippen LogP contribution in [0.3, 0.4) is 0 Å². The highest BCUT2D eigenvalue weighted by Crippen LogP contribution is 2.07. The van der Waals surface area contributed by atoms with Gasteiger partial charge in [0.25, 0.3) is 11.8 Å². The van der Waals surface area contributed by atoms with Crippen LogP contribution in [0, 0.1) is 0 Å². The Labute approximate surface area is 145 Å². The number of nitrogens with zero attached hydrogens (tertiary/aromatic N) is 2. The fraction of sp³-hybridized carbons (Fsp3) is 0.294. The van der Waals surface area contributed by atoms with E-state index in [2.05, 4.69) is 20.6 Å². The summed E-state index contributed by atoms with van der Waals surface area (Å²) in [6.07, 6.45) is 3.54. The minimum atomic E-state index is -0.230. The van der Waals surface area contributed by atoms with Crippen molar-refractivity contribution in [3.8, 4) is 0 Å². The topological polar surface area (TPSA) is 84.0 Å². The maximum atomic E-state index is 12.1. The molecule has 1 unspecified atom stereocenters. The Kier molecular flexibility index (Phi) is 6.26. The van der Waals surface area contributed by atoms with Crippen molar-refractivity contribution in [1.82, 2.24) is 20.6 Å². The Balaban J connectivity index is 1.98. The number of hydrogen-bond acceptors (Lipinski definition) is 4. The molecule has 0 aliphatic rings. The van der Waals surface area contributed by atoms with Crippen LogP contribution in [0.1, 0.15) is 40.3 Å². The van der Waals surface area contributed by atoms with Gasteiger partial charge >= 0.3 is 0 Å². The molecule has 0 bridgehead atoms. The largest absolute Gasteiger partial charge is 0.352 e. The quantitative estimate of drug-likeness (QED) is 0.786. The van der Waals surface area contributed by atoms with E-state index in [9.17, 15) is 9.59 Å². The highest BCUT2D eigenvalue weighted by Gasteiger charge is 2.12. The SMILES string of the molecule is CCNC(=O)c1ccnc(CC(C)NC(=O)c2ccc(Cl)nc2)c1. The maximum Gasteiger partial charge on any atom is 0.253 e. The van der Waals surface area contributed by atoms with E-state index in [4.69, 9.17) is 11.6 Å². The highest BCUT2D eigenvalue weighted by atomic mass is 35.5. The Morgan fingerprint density at radius 1 is 1.17 bits per heavy atom. The number of carbonyl (C=O) groups is 2. The normalized spacial score (nSPS) is 11.6. The second-order valence-corrected chi connectivity index (χ2v) is 5.73. The van der Waals surface area contributed by atoms with Gasteiger partial charge in [0.05, 0.1) is 5.56 Å². The third-order valence-corrected chi connectivity index (χ3v) is 3.52. The van der Waals surface area contributed by atoms with Gasteiger partial charge in [-0.25, -0.2) is 4.98 Å². The number of carbonyl (C=O) groups excluding carboxylic acids is 2. The van der Waals surface area contributed by atoms with E-state index >= 15 is 0 Å². The number of aromatic nitrogens is 2. The molecule has 2 aromatic heterocycles. The third-order valence-electron chi connectivity index (χ3n) is 3.30. The molecule has 0 saturated carbocycles. The summed E-state index contributed by atoms with van der Waals surface area (Å²) in [5, 5.41) is 5.96. The second-order valence-electron chi connectivity index (χ2n) is 5.34. The van der Waals surface area contributed by atoms with Crippen molar-refractivity contribution in [2.75, 3.05) is 6.54 Å². The molecular weight excluding hydrogens is 328 g/mol. The lowest BCUT2D eigenvalue weighted by Gasteiger charge is -2.14. The van der Waals surface area contributed by atoms with E-state index in [1.165, 1.54) is 6.20 Å². The Bertz CT molecular complexity index is 719. The maximum absolute atomic E-state index is 12.1. The molecule has 0 aromatic carbocycles. The molecule has 6 nitrogen and oxygen atoms in total. The van der Waals surface area contributed by atoms with Gasteiger partial charge in [0.2, 0.25) is 0 Å². The summed E-state index contributed by atoms with van der Waals surface area (Å²) in [6.45, 7) is 4.31. The number of nitrogens with one attached hydrogen (secondary N) is 2. The Morgan fingerprint density at radius 3 is 2.62 bits per heavy atom. The van der Waals surface area contributed by atoms with Crippen LogP contribution in [-0.4, -0.2) is 34.4 Å². The predicted octanol–water partition coefficient (Wildman–Crippen LogP) is 2.24. The van der Waals surface area contributed by atoms with Crippen molar-refractivity contribution >= 4 is 23.4 Å². The van der Waals surface area contributed by atoms with Gasteiger partial charge in [0.1, 0.15) is 5.15 Å². The minimum Gasteiger partial charge on any atom is -0.352 e. The second kappa shape index (κ2) is 8.40. The molecule has 0 radical (unpaired) electrons. The predicted molar refractivity (Wildman–Crippen MR) is 92.1 cm³/mol. The minimum absolute atomic E-state index is 0.134. The molecule has 2 amide bonds. The first-order valence-corrected chi connectivity index (χ1v) is 8.03. The molecule has 7 heteroatoms. The van der Waals surface area contributed by atoms with E-state index in [0.29, 0.717) is 29.2 Å². The molecule has 1 atom stereocenters. The number of pyridine rings is 2. The van der Waals surface area contributed by atoms with E-state index in [1.54, 1.807) is 30.5 Å². The Hall–Kier alpha value is -2.47. The smallest absolute Gasteiger partial charge is 0.253 e. The molecule has 2 aromatic rings. The average molecular weight is 347 g/mol. The van der Waals surface area contributed by atoms with E-state index in [1.807, 2.05) is 13.8 Å². The van der Waals surface area contributed by atoms with Gasteiger partial charge in [0, 0.05) is 42.7 Å². The number of amides is 2. The molecule has 0 aliphatic carbocycles. The zero-order chi connectivity index (χ0) is 17.5. The summed E-state index contributed by atoms with van der Waals surface area (Å²) >= 11 is 5.71. The average Bonchev–Trinajstić information content (AvgIpc) is 2.55. The molecular formula is C17H19ClN4O2. The standard InChI is InChI=1S/C17H19ClN4O2/c1-3-19-16(23)12-6-7-20-14(9-12)8-11(2)22-17(24)13-4-5-15(18)21-10-13/h4-7,9-11H,3,8H2,1-2H3,(H,19,23)(H,22,24). The number of rotatable bonds is 6. The van der Waals surface area contributed by atoms with Crippen molar-refractivity contribution in [2.24, 2.45) is 0 Å². The zero-order valence-electron chi connectivity index (χ0n) is 13.5. The van der Waals surface area contributed by atoms with Crippen molar-refractivity contribution < 1.29 is 9.59 Å². The summed E-state index contributed by atoms with van der Waals surface area (Å²) in [4.78, 5) is 32.1. The highest BCUT2D eigenvalue weighted by molar-refractivity contribution is 6.29. The van der Waals surface area contributed by atoms with Crippen LogP contribution < -0.4 is 10.6 Å². The van der Waals surface area contributed by atoms with Gasteiger partial charge in [-0.1, -0.05) is 11.6 Å². The lowest BCUT2D eigenvalue weighted by molar-refractivity contribution is 0.0935. The van der Waals surface area contributed by atoms with Gasteiger partial charge < -0.3 is 10.6 Å². The fourth-order valence-electron chi connectivity index (χ4n) is 2.18. The van der Waals surface area contributed by atoms with Crippen LogP contribution in [0.4, 0.5) is 0 Å². The first-order valence-electron chi connectivity index (χ1n) is 7.65. The molecule has 24 heavy (non-hydrogen) atoms. The van der Waals surface area contributed by atoms with Crippen molar-refractivity contribution in [3.63, 3.8) is 0 Å². The molecule has 2 N–H and O–H groups in total. The summed E-state index contributed by atoms with van der Waals surface area (Å²) in [5.41, 5.74) is 1.73. The molecule has 2 heterocycles. The lowest BCUT2D eigenvalue weighted by atomic mass is 10.1. The monoisotopic (exact) mass is 346 g/mol. The fourth-order valence-corrected chi connectivity index (χ4v) is 2.29. The first-order chi connectivity index (χ1) is 11.5. The first kappa shape index (κ1) is 17.9. The lowest BCUT2D eigenvalue weighted by Crippen LogP contribution is -2.34. The molecule has 0 spiro atoms. The van der Waals surface area contributed by atoms with E-state index in [-0.39, 0.29) is 17.9 Å². The van der Waals surface area contributed by atoms with Gasteiger partial charge in [0.15, 0.2) is 0 Å². The molecule has 0 fully saturated rings. The summed E-state index contributed by atoms with van der Waals surface area (Å²) in [7, 11) is 0. The van der Waals surface area contributed by atoms with Crippen LogP contribution in [-0.2, 0) is 6.42 Å². The van der Waals surface area contributed by atoms with E-state index < -0.39 is 0 Å². The molecule has 0 aliphatic heterocycles. The number of halogens is 1. The summed E-state index contributed by atoms with van der Waals surface area (Å²) in [6, 6.07) is 6.43. The van der Waals surface area contributed by atoms with Crippen LogP contribution in [0.5, 0.6) is 0 Å². The zero-order valence-corrected chi connectivity index (χ0v) is 14.3. The number of hydrogen-bond donors (Lipinski definition) is 2. The van der Waals surface area contributed by atoms with Crippen molar-refractivity contribution in [2.45, 2.75) is 26.3 Å². The summed E-state index contributed by atoms with van der Waals surface area (Å²) in [5.74, 6) is -0.364. The van der Waals surface area contributed by atoms with Crippen molar-refractivity contribution in [1.29, 1.82) is 0 Å².